The van der Waals surface area contributed by atoms with E-state index in [9.17, 15) is 5.11 Å². The third-order valence-corrected chi connectivity index (χ3v) is 1.65. The Morgan fingerprint density at radius 3 is 2.77 bits per heavy atom. The quantitative estimate of drug-likeness (QED) is 0.697. The number of nitrogens with zero attached hydrogens (tertiary/aromatic N) is 3. The second-order valence-electron chi connectivity index (χ2n) is 3.92. The van der Waals surface area contributed by atoms with Gasteiger partial charge in [0.1, 0.15) is 0 Å². The Morgan fingerprint density at radius 1 is 1.69 bits per heavy atom. The molecule has 13 heavy (non-hydrogen) atoms. The van der Waals surface area contributed by atoms with Crippen LogP contribution in [0.25, 0.3) is 0 Å². The summed E-state index contributed by atoms with van der Waals surface area (Å²) < 4.78 is 1.63. The minimum absolute atomic E-state index is 0.114. The van der Waals surface area contributed by atoms with Gasteiger partial charge in [0.2, 0.25) is 0 Å². The minimum Gasteiger partial charge on any atom is -0.389 e. The maximum atomic E-state index is 9.57. The van der Waals surface area contributed by atoms with E-state index in [1.54, 1.807) is 24.7 Å². The van der Waals surface area contributed by atoms with E-state index in [4.69, 9.17) is 5.73 Å². The highest BCUT2D eigenvalue weighted by Gasteiger charge is 2.17. The van der Waals surface area contributed by atoms with Gasteiger partial charge in [0.05, 0.1) is 24.0 Å². The van der Waals surface area contributed by atoms with E-state index in [0.29, 0.717) is 6.54 Å². The van der Waals surface area contributed by atoms with Crippen molar-refractivity contribution in [2.24, 2.45) is 5.73 Å². The fourth-order valence-electron chi connectivity index (χ4n) is 1.11. The largest absolute Gasteiger partial charge is 0.389 e. The van der Waals surface area contributed by atoms with E-state index in [2.05, 4.69) is 10.3 Å². The van der Waals surface area contributed by atoms with Gasteiger partial charge >= 0.3 is 0 Å². The summed E-state index contributed by atoms with van der Waals surface area (Å²) in [5, 5.41) is 17.2. The zero-order valence-corrected chi connectivity index (χ0v) is 8.23. The Hall–Kier alpha value is -0.940. The summed E-state index contributed by atoms with van der Waals surface area (Å²) in [6.07, 6.45) is 1.62. The van der Waals surface area contributed by atoms with E-state index >= 15 is 0 Å². The summed E-state index contributed by atoms with van der Waals surface area (Å²) in [4.78, 5) is 0. The summed E-state index contributed by atoms with van der Waals surface area (Å²) in [5.74, 6) is 0. The van der Waals surface area contributed by atoms with Gasteiger partial charge in [-0.05, 0) is 20.8 Å². The molecule has 0 amide bonds. The van der Waals surface area contributed by atoms with Gasteiger partial charge in [0.15, 0.2) is 0 Å². The monoisotopic (exact) mass is 184 g/mol. The predicted molar refractivity (Wildman–Crippen MR) is 48.9 cm³/mol. The Bertz CT molecular complexity index is 274. The second kappa shape index (κ2) is 3.43. The highest BCUT2D eigenvalue weighted by molar-refractivity contribution is 4.99. The van der Waals surface area contributed by atoms with Crippen molar-refractivity contribution >= 4 is 0 Å². The van der Waals surface area contributed by atoms with Gasteiger partial charge in [0, 0.05) is 6.04 Å². The molecule has 0 radical (unpaired) electrons. The zero-order chi connectivity index (χ0) is 10.1. The number of aliphatic hydroxyl groups is 1. The number of aromatic nitrogens is 3. The van der Waals surface area contributed by atoms with Crippen LogP contribution in [0.5, 0.6) is 0 Å². The molecule has 3 N–H and O–H groups in total. The maximum absolute atomic E-state index is 9.57. The maximum Gasteiger partial charge on any atom is 0.0787 e. The molecular formula is C8H16N4O. The zero-order valence-electron chi connectivity index (χ0n) is 8.23. The molecule has 0 aromatic carbocycles. The highest BCUT2D eigenvalue weighted by atomic mass is 16.3. The normalized spacial score (nSPS) is 14.5. The second-order valence-corrected chi connectivity index (χ2v) is 3.92. The average molecular weight is 184 g/mol. The molecule has 1 aromatic heterocycles. The van der Waals surface area contributed by atoms with Crippen LogP contribution in [0.4, 0.5) is 0 Å². The summed E-state index contributed by atoms with van der Waals surface area (Å²) in [6.45, 7) is 5.71. The number of rotatable bonds is 3. The van der Waals surface area contributed by atoms with E-state index < -0.39 is 5.60 Å². The average Bonchev–Trinajstić information content (AvgIpc) is 2.31. The molecule has 0 aliphatic heterocycles. The molecule has 0 unspecified atom stereocenters. The van der Waals surface area contributed by atoms with Crippen molar-refractivity contribution in [2.75, 3.05) is 0 Å². The Morgan fingerprint density at radius 2 is 2.31 bits per heavy atom. The predicted octanol–water partition coefficient (Wildman–Crippen LogP) is 0.0687. The number of nitrogens with two attached hydrogens (primary N) is 1. The van der Waals surface area contributed by atoms with Crippen LogP contribution >= 0.6 is 0 Å². The standard InChI is InChI=1S/C8H16N4O/c1-6(9)7-4-10-11-12(7)5-8(2,3)13/h4,6,13H,5,9H2,1-3H3/t6-/m1/s1. The lowest BCUT2D eigenvalue weighted by Gasteiger charge is -2.18. The number of hydrogen-bond acceptors (Lipinski definition) is 4. The van der Waals surface area contributed by atoms with Gasteiger partial charge in [0.25, 0.3) is 0 Å². The van der Waals surface area contributed by atoms with Gasteiger partial charge in [-0.1, -0.05) is 5.21 Å². The lowest BCUT2D eigenvalue weighted by molar-refractivity contribution is 0.0559. The molecule has 5 nitrogen and oxygen atoms in total. The fraction of sp³-hybridized carbons (Fsp3) is 0.750. The van der Waals surface area contributed by atoms with Crippen molar-refractivity contribution in [3.05, 3.63) is 11.9 Å². The van der Waals surface area contributed by atoms with E-state index in [1.807, 2.05) is 6.92 Å². The van der Waals surface area contributed by atoms with Crippen LogP contribution in [0.2, 0.25) is 0 Å². The third kappa shape index (κ3) is 2.78. The highest BCUT2D eigenvalue weighted by Crippen LogP contribution is 2.11. The molecule has 0 saturated carbocycles. The molecule has 5 heteroatoms. The molecule has 0 fully saturated rings. The summed E-state index contributed by atoms with van der Waals surface area (Å²) in [6, 6.07) is -0.114. The molecule has 1 heterocycles. The molecule has 0 saturated heterocycles. The molecule has 74 valence electrons. The van der Waals surface area contributed by atoms with Crippen molar-refractivity contribution in [1.82, 2.24) is 15.0 Å². The molecule has 0 spiro atoms. The van der Waals surface area contributed by atoms with Crippen molar-refractivity contribution < 1.29 is 5.11 Å². The van der Waals surface area contributed by atoms with Crippen LogP contribution in [-0.4, -0.2) is 25.7 Å². The lowest BCUT2D eigenvalue weighted by atomic mass is 10.1. The van der Waals surface area contributed by atoms with Crippen molar-refractivity contribution in [2.45, 2.75) is 39.0 Å². The van der Waals surface area contributed by atoms with E-state index in [1.165, 1.54) is 0 Å². The Kier molecular flexibility index (Phi) is 2.68. The Labute approximate surface area is 77.6 Å². The van der Waals surface area contributed by atoms with Gasteiger partial charge in [-0.15, -0.1) is 5.10 Å². The fourth-order valence-corrected chi connectivity index (χ4v) is 1.11. The smallest absolute Gasteiger partial charge is 0.0787 e. The Balaban J connectivity index is 2.83. The van der Waals surface area contributed by atoms with Gasteiger partial charge < -0.3 is 10.8 Å². The molecule has 1 aromatic rings. The third-order valence-electron chi connectivity index (χ3n) is 1.65. The first kappa shape index (κ1) is 10.1. The summed E-state index contributed by atoms with van der Waals surface area (Å²) in [7, 11) is 0. The topological polar surface area (TPSA) is 77.0 Å². The van der Waals surface area contributed by atoms with Crippen molar-refractivity contribution in [3.8, 4) is 0 Å². The first-order chi connectivity index (χ1) is 5.90. The summed E-state index contributed by atoms with van der Waals surface area (Å²) >= 11 is 0. The van der Waals surface area contributed by atoms with Crippen molar-refractivity contribution in [1.29, 1.82) is 0 Å². The number of hydrogen-bond donors (Lipinski definition) is 2. The first-order valence-corrected chi connectivity index (χ1v) is 4.26. The molecule has 1 rings (SSSR count). The van der Waals surface area contributed by atoms with Crippen LogP contribution in [0.3, 0.4) is 0 Å². The van der Waals surface area contributed by atoms with Crippen LogP contribution < -0.4 is 5.73 Å². The summed E-state index contributed by atoms with van der Waals surface area (Å²) in [5.41, 5.74) is 5.74. The first-order valence-electron chi connectivity index (χ1n) is 4.26. The lowest BCUT2D eigenvalue weighted by Crippen LogP contribution is -2.28. The molecule has 1 atom stereocenters. The van der Waals surface area contributed by atoms with Crippen molar-refractivity contribution in [3.63, 3.8) is 0 Å². The van der Waals surface area contributed by atoms with Crippen LogP contribution in [0.1, 0.15) is 32.5 Å². The molecule has 0 aliphatic rings. The molecule has 0 bridgehead atoms. The van der Waals surface area contributed by atoms with Crippen LogP contribution in [-0.2, 0) is 6.54 Å². The molecule has 0 aliphatic carbocycles. The SMILES string of the molecule is C[C@@H](N)c1cnnn1CC(C)(C)O. The van der Waals surface area contributed by atoms with Crippen LogP contribution in [0, 0.1) is 0 Å². The molecular weight excluding hydrogens is 168 g/mol. The van der Waals surface area contributed by atoms with Crippen LogP contribution in [0.15, 0.2) is 6.20 Å². The minimum atomic E-state index is -0.794. The van der Waals surface area contributed by atoms with Gasteiger partial charge in [-0.3, -0.25) is 0 Å². The van der Waals surface area contributed by atoms with E-state index in [-0.39, 0.29) is 6.04 Å². The van der Waals surface area contributed by atoms with E-state index in [0.717, 1.165) is 5.69 Å². The van der Waals surface area contributed by atoms with Gasteiger partial charge in [-0.25, -0.2) is 4.68 Å². The van der Waals surface area contributed by atoms with Gasteiger partial charge in [-0.2, -0.15) is 0 Å².